The molecule has 0 aliphatic rings. The van der Waals surface area contributed by atoms with Crippen LogP contribution < -0.4 is 5.32 Å². The first kappa shape index (κ1) is 15.1. The normalized spacial score (nSPS) is 11.3. The summed E-state index contributed by atoms with van der Waals surface area (Å²) in [5, 5.41) is 8.89. The predicted octanol–water partition coefficient (Wildman–Crippen LogP) is 3.70. The monoisotopic (exact) mass is 291 g/mol. The molecule has 0 spiro atoms. The minimum atomic E-state index is 0.473. The fourth-order valence-electron chi connectivity index (χ4n) is 2.24. The van der Waals surface area contributed by atoms with Crippen molar-refractivity contribution in [2.24, 2.45) is 0 Å². The Morgan fingerprint density at radius 3 is 2.60 bits per heavy atom. The highest BCUT2D eigenvalue weighted by Crippen LogP contribution is 2.19. The second-order valence-electron chi connectivity index (χ2n) is 5.43. The lowest BCUT2D eigenvalue weighted by Crippen LogP contribution is -2.22. The van der Waals surface area contributed by atoms with E-state index in [0.29, 0.717) is 12.6 Å². The first-order chi connectivity index (χ1) is 9.49. The van der Waals surface area contributed by atoms with Gasteiger partial charge in [-0.05, 0) is 25.5 Å². The molecule has 0 aliphatic heterocycles. The Balaban J connectivity index is 2.21. The van der Waals surface area contributed by atoms with Crippen LogP contribution in [0.3, 0.4) is 0 Å². The van der Waals surface area contributed by atoms with Crippen LogP contribution >= 0.6 is 11.6 Å². The van der Waals surface area contributed by atoms with E-state index in [1.807, 2.05) is 28.9 Å². The molecule has 2 rings (SSSR count). The molecule has 0 amide bonds. The van der Waals surface area contributed by atoms with Crippen molar-refractivity contribution in [3.05, 3.63) is 51.8 Å². The molecule has 2 aromatic rings. The fraction of sp³-hybridized carbons (Fsp3) is 0.438. The molecule has 0 bridgehead atoms. The van der Waals surface area contributed by atoms with Gasteiger partial charge in [0.25, 0.3) is 0 Å². The van der Waals surface area contributed by atoms with Crippen molar-refractivity contribution in [2.45, 2.75) is 46.8 Å². The van der Waals surface area contributed by atoms with Crippen molar-refractivity contribution in [3.8, 4) is 0 Å². The van der Waals surface area contributed by atoms with Gasteiger partial charge in [0.2, 0.25) is 0 Å². The Hall–Kier alpha value is -1.32. The Morgan fingerprint density at radius 2 is 1.95 bits per heavy atom. The minimum Gasteiger partial charge on any atom is -0.310 e. The van der Waals surface area contributed by atoms with Crippen molar-refractivity contribution in [1.29, 1.82) is 0 Å². The molecule has 4 heteroatoms. The minimum absolute atomic E-state index is 0.473. The average Bonchev–Trinajstić information content (AvgIpc) is 2.65. The first-order valence-corrected chi connectivity index (χ1v) is 7.36. The van der Waals surface area contributed by atoms with Crippen LogP contribution in [0.4, 0.5) is 0 Å². The summed E-state index contributed by atoms with van der Waals surface area (Å²) < 4.78 is 2.04. The van der Waals surface area contributed by atoms with Gasteiger partial charge in [0.15, 0.2) is 0 Å². The third kappa shape index (κ3) is 3.41. The van der Waals surface area contributed by atoms with Gasteiger partial charge in [-0.3, -0.25) is 4.68 Å². The molecule has 0 aliphatic carbocycles. The van der Waals surface area contributed by atoms with E-state index < -0.39 is 0 Å². The summed E-state index contributed by atoms with van der Waals surface area (Å²) in [4.78, 5) is 0. The van der Waals surface area contributed by atoms with Crippen LogP contribution in [0.25, 0.3) is 0 Å². The van der Waals surface area contributed by atoms with Crippen molar-refractivity contribution < 1.29 is 0 Å². The van der Waals surface area contributed by atoms with Gasteiger partial charge in [-0.1, -0.05) is 43.6 Å². The average molecular weight is 292 g/mol. The van der Waals surface area contributed by atoms with Crippen LogP contribution in [0, 0.1) is 13.8 Å². The van der Waals surface area contributed by atoms with Gasteiger partial charge in [0.05, 0.1) is 12.2 Å². The van der Waals surface area contributed by atoms with Crippen LogP contribution in [0.1, 0.15) is 36.4 Å². The lowest BCUT2D eigenvalue weighted by atomic mass is 10.2. The van der Waals surface area contributed by atoms with E-state index in [1.54, 1.807) is 0 Å². The van der Waals surface area contributed by atoms with E-state index in [4.69, 9.17) is 11.6 Å². The number of halogens is 1. The Labute approximate surface area is 126 Å². The van der Waals surface area contributed by atoms with Gasteiger partial charge in [0, 0.05) is 28.9 Å². The smallest absolute Gasteiger partial charge is 0.0677 e. The number of rotatable bonds is 5. The second-order valence-corrected chi connectivity index (χ2v) is 5.84. The summed E-state index contributed by atoms with van der Waals surface area (Å²) in [5.41, 5.74) is 4.67. The lowest BCUT2D eigenvalue weighted by molar-refractivity contribution is 0.584. The predicted molar refractivity (Wildman–Crippen MR) is 84.2 cm³/mol. The number of nitrogens with one attached hydrogen (secondary N) is 1. The van der Waals surface area contributed by atoms with E-state index in [1.165, 1.54) is 11.3 Å². The molecule has 1 heterocycles. The molecule has 0 fully saturated rings. The van der Waals surface area contributed by atoms with Gasteiger partial charge in [-0.2, -0.15) is 5.10 Å². The molecular formula is C16H22ClN3. The van der Waals surface area contributed by atoms with E-state index in [9.17, 15) is 0 Å². The van der Waals surface area contributed by atoms with E-state index in [0.717, 1.165) is 22.8 Å². The van der Waals surface area contributed by atoms with Gasteiger partial charge in [-0.15, -0.1) is 0 Å². The maximum atomic E-state index is 6.22. The summed E-state index contributed by atoms with van der Waals surface area (Å²) in [5.74, 6) is 0. The zero-order valence-corrected chi connectivity index (χ0v) is 13.3. The zero-order valence-electron chi connectivity index (χ0n) is 12.6. The highest BCUT2D eigenvalue weighted by Gasteiger charge is 2.12. The molecule has 0 unspecified atom stereocenters. The zero-order chi connectivity index (χ0) is 14.7. The Kier molecular flexibility index (Phi) is 4.84. The van der Waals surface area contributed by atoms with Crippen molar-refractivity contribution in [2.75, 3.05) is 0 Å². The van der Waals surface area contributed by atoms with E-state index >= 15 is 0 Å². The molecule has 3 nitrogen and oxygen atoms in total. The molecule has 1 aromatic heterocycles. The SMILES string of the molecule is Cc1nn(Cc2ccccc2Cl)c(C)c1CNC(C)C. The quantitative estimate of drug-likeness (QED) is 0.910. The fourth-order valence-corrected chi connectivity index (χ4v) is 2.43. The Morgan fingerprint density at radius 1 is 1.25 bits per heavy atom. The summed E-state index contributed by atoms with van der Waals surface area (Å²) in [6.07, 6.45) is 0. The van der Waals surface area contributed by atoms with Crippen molar-refractivity contribution in [1.82, 2.24) is 15.1 Å². The molecule has 0 atom stereocenters. The first-order valence-electron chi connectivity index (χ1n) is 6.98. The number of hydrogen-bond donors (Lipinski definition) is 1. The van der Waals surface area contributed by atoms with Gasteiger partial charge in [-0.25, -0.2) is 0 Å². The number of aryl methyl sites for hydroxylation is 1. The summed E-state index contributed by atoms with van der Waals surface area (Å²) in [7, 11) is 0. The Bertz CT molecular complexity index is 587. The molecule has 0 saturated carbocycles. The third-order valence-electron chi connectivity index (χ3n) is 3.50. The molecule has 0 radical (unpaired) electrons. The lowest BCUT2D eigenvalue weighted by Gasteiger charge is -2.09. The van der Waals surface area contributed by atoms with Crippen molar-refractivity contribution >= 4 is 11.6 Å². The summed E-state index contributed by atoms with van der Waals surface area (Å²) >= 11 is 6.22. The van der Waals surface area contributed by atoms with Crippen LogP contribution in [-0.2, 0) is 13.1 Å². The number of nitrogens with zero attached hydrogens (tertiary/aromatic N) is 2. The number of benzene rings is 1. The molecular weight excluding hydrogens is 270 g/mol. The van der Waals surface area contributed by atoms with E-state index in [2.05, 4.69) is 38.1 Å². The maximum Gasteiger partial charge on any atom is 0.0677 e. The number of aromatic nitrogens is 2. The molecule has 1 aromatic carbocycles. The highest BCUT2D eigenvalue weighted by atomic mass is 35.5. The number of hydrogen-bond acceptors (Lipinski definition) is 2. The van der Waals surface area contributed by atoms with E-state index in [-0.39, 0.29) is 0 Å². The summed E-state index contributed by atoms with van der Waals surface area (Å²) in [6.45, 7) is 10.1. The molecule has 20 heavy (non-hydrogen) atoms. The van der Waals surface area contributed by atoms with Crippen LogP contribution in [0.5, 0.6) is 0 Å². The van der Waals surface area contributed by atoms with Crippen LogP contribution in [0.15, 0.2) is 24.3 Å². The largest absolute Gasteiger partial charge is 0.310 e. The van der Waals surface area contributed by atoms with Gasteiger partial charge < -0.3 is 5.32 Å². The topological polar surface area (TPSA) is 29.9 Å². The second kappa shape index (κ2) is 6.42. The summed E-state index contributed by atoms with van der Waals surface area (Å²) in [6, 6.07) is 8.40. The van der Waals surface area contributed by atoms with Gasteiger partial charge >= 0.3 is 0 Å². The van der Waals surface area contributed by atoms with Crippen LogP contribution in [-0.4, -0.2) is 15.8 Å². The third-order valence-corrected chi connectivity index (χ3v) is 3.87. The molecule has 0 saturated heterocycles. The molecule has 108 valence electrons. The highest BCUT2D eigenvalue weighted by molar-refractivity contribution is 6.31. The van der Waals surface area contributed by atoms with Crippen molar-refractivity contribution in [3.63, 3.8) is 0 Å². The van der Waals surface area contributed by atoms with Gasteiger partial charge in [0.1, 0.15) is 0 Å². The molecule has 1 N–H and O–H groups in total. The standard InChI is InChI=1S/C16H22ClN3/c1-11(2)18-9-15-12(3)19-20(13(15)4)10-14-7-5-6-8-16(14)17/h5-8,11,18H,9-10H2,1-4H3. The maximum absolute atomic E-state index is 6.22. The van der Waals surface area contributed by atoms with Crippen LogP contribution in [0.2, 0.25) is 5.02 Å².